The van der Waals surface area contributed by atoms with Gasteiger partial charge in [-0.25, -0.2) is 0 Å². The maximum absolute atomic E-state index is 14.6. The minimum atomic E-state index is -4.66. The Morgan fingerprint density at radius 2 is 0.885 bits per heavy atom. The van der Waals surface area contributed by atoms with Crippen molar-refractivity contribution >= 4 is 0 Å². The van der Waals surface area contributed by atoms with E-state index in [0.29, 0.717) is 0 Å². The molecule has 3 aromatic rings. The van der Waals surface area contributed by atoms with Crippen molar-refractivity contribution in [1.29, 1.82) is 0 Å². The molecule has 0 aliphatic heterocycles. The zero-order valence-corrected chi connectivity index (χ0v) is 14.0. The Bertz CT molecular complexity index is 770. The van der Waals surface area contributed by atoms with E-state index in [2.05, 4.69) is 0 Å². The summed E-state index contributed by atoms with van der Waals surface area (Å²) in [7, 11) is 0. The highest BCUT2D eigenvalue weighted by atomic mass is 19.4. The summed E-state index contributed by atoms with van der Waals surface area (Å²) in [6.07, 6.45) is -4.66. The van der Waals surface area contributed by atoms with E-state index >= 15 is 0 Å². The fourth-order valence-corrected chi connectivity index (χ4v) is 3.22. The van der Waals surface area contributed by atoms with Crippen LogP contribution in [0.1, 0.15) is 22.3 Å². The summed E-state index contributed by atoms with van der Waals surface area (Å²) in [6.45, 7) is 1.81. The molecular formula is C21H17F3O2. The Kier molecular flexibility index (Phi) is 4.40. The number of halogens is 3. The van der Waals surface area contributed by atoms with Gasteiger partial charge in [0.25, 0.3) is 0 Å². The van der Waals surface area contributed by atoms with Gasteiger partial charge in [0.2, 0.25) is 0 Å². The zero-order valence-electron chi connectivity index (χ0n) is 14.0. The van der Waals surface area contributed by atoms with Gasteiger partial charge in [-0.3, -0.25) is 0 Å². The summed E-state index contributed by atoms with van der Waals surface area (Å²) < 4.78 is 43.8. The molecule has 134 valence electrons. The summed E-state index contributed by atoms with van der Waals surface area (Å²) in [5.74, 6) is -0.223. The predicted octanol–water partition coefficient (Wildman–Crippen LogP) is 5.30. The number of benzene rings is 3. The van der Waals surface area contributed by atoms with Crippen molar-refractivity contribution in [3.8, 4) is 11.5 Å². The molecule has 0 saturated heterocycles. The van der Waals surface area contributed by atoms with Gasteiger partial charge in [0.1, 0.15) is 16.9 Å². The summed E-state index contributed by atoms with van der Waals surface area (Å²) in [6, 6.07) is 16.2. The molecule has 3 rings (SSSR count). The van der Waals surface area contributed by atoms with Crippen LogP contribution < -0.4 is 0 Å². The predicted molar refractivity (Wildman–Crippen MR) is 93.3 cm³/mol. The first-order chi connectivity index (χ1) is 12.2. The maximum Gasteiger partial charge on any atom is 0.406 e. The highest BCUT2D eigenvalue weighted by Crippen LogP contribution is 2.51. The summed E-state index contributed by atoms with van der Waals surface area (Å²) >= 11 is 0. The first-order valence-corrected chi connectivity index (χ1v) is 7.98. The number of rotatable bonds is 3. The molecule has 0 aromatic heterocycles. The quantitative estimate of drug-likeness (QED) is 0.624. The van der Waals surface area contributed by atoms with Crippen molar-refractivity contribution in [1.82, 2.24) is 0 Å². The Morgan fingerprint density at radius 3 is 1.19 bits per heavy atom. The van der Waals surface area contributed by atoms with Crippen LogP contribution in [-0.4, -0.2) is 16.4 Å². The topological polar surface area (TPSA) is 40.5 Å². The van der Waals surface area contributed by atoms with E-state index in [1.807, 2.05) is 0 Å². The summed E-state index contributed by atoms with van der Waals surface area (Å²) in [5, 5.41) is 19.0. The van der Waals surface area contributed by atoms with Gasteiger partial charge in [0, 0.05) is 0 Å². The van der Waals surface area contributed by atoms with E-state index in [1.54, 1.807) is 19.1 Å². The van der Waals surface area contributed by atoms with Gasteiger partial charge in [-0.15, -0.1) is 0 Å². The normalized spacial score (nSPS) is 12.2. The molecule has 5 heteroatoms. The number of alkyl halides is 3. The minimum Gasteiger partial charge on any atom is -0.508 e. The van der Waals surface area contributed by atoms with Gasteiger partial charge in [-0.05, 0) is 47.9 Å². The van der Waals surface area contributed by atoms with Crippen LogP contribution in [0.2, 0.25) is 0 Å². The van der Waals surface area contributed by atoms with Crippen LogP contribution in [0, 0.1) is 6.92 Å². The Hall–Kier alpha value is -2.95. The minimum absolute atomic E-state index is 0.0163. The third-order valence-corrected chi connectivity index (χ3v) is 4.51. The van der Waals surface area contributed by atoms with Crippen LogP contribution in [0.15, 0.2) is 72.8 Å². The second-order valence-electron chi connectivity index (χ2n) is 6.21. The number of phenolic OH excluding ortho intramolecular Hbond substituents is 2. The smallest absolute Gasteiger partial charge is 0.406 e. The molecule has 2 nitrogen and oxygen atoms in total. The number of aromatic hydroxyl groups is 2. The molecule has 0 saturated carbocycles. The lowest BCUT2D eigenvalue weighted by molar-refractivity contribution is -0.166. The summed E-state index contributed by atoms with van der Waals surface area (Å²) in [4.78, 5) is 0. The van der Waals surface area contributed by atoms with Crippen LogP contribution in [0.3, 0.4) is 0 Å². The molecule has 0 aliphatic rings. The maximum atomic E-state index is 14.6. The molecule has 0 atom stereocenters. The van der Waals surface area contributed by atoms with Crippen molar-refractivity contribution in [2.75, 3.05) is 0 Å². The standard InChI is InChI=1S/C21H17F3O2/c1-14-2-4-15(5-3-14)20(21(22,23)24,16-6-10-18(25)11-7-16)17-8-12-19(26)13-9-17/h2-13,25-26H,1H3. The fraction of sp³-hybridized carbons (Fsp3) is 0.143. The van der Waals surface area contributed by atoms with E-state index < -0.39 is 11.6 Å². The molecule has 0 aliphatic carbocycles. The zero-order chi connectivity index (χ0) is 18.9. The Labute approximate surface area is 149 Å². The van der Waals surface area contributed by atoms with Crippen LogP contribution in [0.5, 0.6) is 11.5 Å². The van der Waals surface area contributed by atoms with E-state index in [-0.39, 0.29) is 28.2 Å². The number of hydrogen-bond acceptors (Lipinski definition) is 2. The Balaban J connectivity index is 2.40. The van der Waals surface area contributed by atoms with Crippen molar-refractivity contribution < 1.29 is 23.4 Å². The monoisotopic (exact) mass is 358 g/mol. The molecule has 3 aromatic carbocycles. The van der Waals surface area contributed by atoms with Crippen molar-refractivity contribution in [3.05, 3.63) is 95.1 Å². The average Bonchev–Trinajstić information content (AvgIpc) is 2.59. The molecule has 0 unspecified atom stereocenters. The highest BCUT2D eigenvalue weighted by molar-refractivity contribution is 5.54. The Morgan fingerprint density at radius 1 is 0.577 bits per heavy atom. The van der Waals surface area contributed by atoms with Gasteiger partial charge < -0.3 is 10.2 Å². The third-order valence-electron chi connectivity index (χ3n) is 4.51. The number of hydrogen-bond donors (Lipinski definition) is 2. The van der Waals surface area contributed by atoms with E-state index in [9.17, 15) is 23.4 Å². The van der Waals surface area contributed by atoms with Crippen LogP contribution in [0.25, 0.3) is 0 Å². The number of aryl methyl sites for hydroxylation is 1. The molecule has 0 bridgehead atoms. The first-order valence-electron chi connectivity index (χ1n) is 7.98. The molecule has 0 fully saturated rings. The van der Waals surface area contributed by atoms with Crippen molar-refractivity contribution in [2.45, 2.75) is 18.5 Å². The molecule has 0 heterocycles. The van der Waals surface area contributed by atoms with Gasteiger partial charge in [-0.2, -0.15) is 13.2 Å². The van der Waals surface area contributed by atoms with Crippen molar-refractivity contribution in [3.63, 3.8) is 0 Å². The fourth-order valence-electron chi connectivity index (χ4n) is 3.22. The molecule has 26 heavy (non-hydrogen) atoms. The molecule has 0 radical (unpaired) electrons. The largest absolute Gasteiger partial charge is 0.508 e. The van der Waals surface area contributed by atoms with Crippen LogP contribution in [-0.2, 0) is 5.41 Å². The van der Waals surface area contributed by atoms with E-state index in [1.165, 1.54) is 60.7 Å². The SMILES string of the molecule is Cc1ccc(C(c2ccc(O)cc2)(c2ccc(O)cc2)C(F)(F)F)cc1. The van der Waals surface area contributed by atoms with Gasteiger partial charge in [0.05, 0.1) is 0 Å². The molecule has 0 amide bonds. The van der Waals surface area contributed by atoms with Crippen molar-refractivity contribution in [2.24, 2.45) is 0 Å². The van der Waals surface area contributed by atoms with Crippen LogP contribution in [0.4, 0.5) is 13.2 Å². The third kappa shape index (κ3) is 2.90. The highest BCUT2D eigenvalue weighted by Gasteiger charge is 2.58. The van der Waals surface area contributed by atoms with Crippen LogP contribution >= 0.6 is 0 Å². The van der Waals surface area contributed by atoms with Gasteiger partial charge in [-0.1, -0.05) is 54.1 Å². The molecule has 0 spiro atoms. The van der Waals surface area contributed by atoms with E-state index in [4.69, 9.17) is 0 Å². The lowest BCUT2D eigenvalue weighted by atomic mass is 9.68. The average molecular weight is 358 g/mol. The van der Waals surface area contributed by atoms with Gasteiger partial charge in [0.15, 0.2) is 0 Å². The number of phenols is 2. The molecule has 2 N–H and O–H groups in total. The summed E-state index contributed by atoms with van der Waals surface area (Å²) in [5.41, 5.74) is -1.55. The second-order valence-corrected chi connectivity index (χ2v) is 6.21. The lowest BCUT2D eigenvalue weighted by Crippen LogP contribution is -2.44. The van der Waals surface area contributed by atoms with E-state index in [0.717, 1.165) is 5.56 Å². The second kappa shape index (κ2) is 6.41. The first kappa shape index (κ1) is 17.9. The van der Waals surface area contributed by atoms with Gasteiger partial charge >= 0.3 is 6.18 Å². The molecular weight excluding hydrogens is 341 g/mol. The lowest BCUT2D eigenvalue weighted by Gasteiger charge is -2.37.